The van der Waals surface area contributed by atoms with Crippen LogP contribution in [0, 0.1) is 116 Å². The van der Waals surface area contributed by atoms with Crippen LogP contribution in [-0.4, -0.2) is 12.2 Å². The second-order valence-electron chi connectivity index (χ2n) is 15.5. The average Bonchev–Trinajstić information content (AvgIpc) is 3.35. The lowest BCUT2D eigenvalue weighted by atomic mass is 9.12. The van der Waals surface area contributed by atoms with Crippen LogP contribution in [0.3, 0.4) is 0 Å². The molecule has 7 aromatic rings. The van der Waals surface area contributed by atoms with Gasteiger partial charge in [0.1, 0.15) is 58.4 Å². The van der Waals surface area contributed by atoms with Gasteiger partial charge in [0.2, 0.25) is 5.52 Å². The summed E-state index contributed by atoms with van der Waals surface area (Å²) in [5.74, 6) is -70.4. The standard InChI is InChI=1S/C24BF20.C22H24NO/c26-5-1(6(27)14(35)21(42)13(5)34)25(2-7(28)15(36)22(43)16(37)8(2)29,3-9(30)17(38)23(44)18(39)10(3)31)4-11(32)19(40)24(45)20(41)12(4)33;1-2-9-20(10-3-1)24-21-14-12-18(13-15-21)17-23-16-6-8-19-7-4-5-11-22(19)23/h;4-8,11-16,20H,1-3,9-10,17H2/q-1;+1. The summed E-state index contributed by atoms with van der Waals surface area (Å²) < 4.78 is 302. The number of rotatable bonds is 8. The molecule has 0 saturated heterocycles. The maximum atomic E-state index is 15.4. The fourth-order valence-electron chi connectivity index (χ4n) is 8.48. The quantitative estimate of drug-likeness (QED) is 0.0486. The largest absolute Gasteiger partial charge is 0.490 e. The Labute approximate surface area is 374 Å². The van der Waals surface area contributed by atoms with E-state index in [1.165, 1.54) is 48.6 Å². The molecule has 1 aliphatic carbocycles. The predicted molar refractivity (Wildman–Crippen MR) is 206 cm³/mol. The van der Waals surface area contributed by atoms with Crippen LogP contribution in [0.15, 0.2) is 66.9 Å². The van der Waals surface area contributed by atoms with Crippen LogP contribution in [0.2, 0.25) is 0 Å². The van der Waals surface area contributed by atoms with E-state index in [9.17, 15) is 52.7 Å². The Hall–Kier alpha value is -6.81. The highest BCUT2D eigenvalue weighted by atomic mass is 19.2. The molecule has 2 nitrogen and oxygen atoms in total. The summed E-state index contributed by atoms with van der Waals surface area (Å²) in [7, 11) is 0. The summed E-state index contributed by atoms with van der Waals surface area (Å²) in [5.41, 5.74) is -11.8. The Morgan fingerprint density at radius 2 is 0.696 bits per heavy atom. The SMILES string of the molecule is Fc1c(F)c(F)c([B-](c2c(F)c(F)c(F)c(F)c2F)(c2c(F)c(F)c(F)c(F)c2F)c2c(F)c(F)c(F)c(F)c2F)c(F)c1F.c1ccc2c(c1)ccc[n+]2Cc1ccc(OC2CCCCC2)cc1. The Kier molecular flexibility index (Phi) is 14.0. The second kappa shape index (κ2) is 19.3. The van der Waals surface area contributed by atoms with Gasteiger partial charge in [-0.1, -0.05) is 18.6 Å². The molecule has 0 N–H and O–H groups in total. The van der Waals surface area contributed by atoms with E-state index in [-0.39, 0.29) is 0 Å². The van der Waals surface area contributed by atoms with Gasteiger partial charge in [0, 0.05) is 23.1 Å². The molecule has 23 heteroatoms. The van der Waals surface area contributed by atoms with E-state index in [1.807, 2.05) is 0 Å². The summed E-state index contributed by atoms with van der Waals surface area (Å²) in [4.78, 5) is 0. The highest BCUT2D eigenvalue weighted by Gasteiger charge is 2.52. The number of fused-ring (bicyclic) bond motifs is 1. The van der Waals surface area contributed by atoms with Crippen molar-refractivity contribution in [3.05, 3.63) is 189 Å². The Bertz CT molecular complexity index is 2770. The van der Waals surface area contributed by atoms with E-state index >= 15 is 35.1 Å². The van der Waals surface area contributed by atoms with Crippen molar-refractivity contribution in [1.82, 2.24) is 0 Å². The number of benzene rings is 6. The number of ether oxygens (including phenoxy) is 1. The van der Waals surface area contributed by atoms with Crippen molar-refractivity contribution in [2.24, 2.45) is 0 Å². The molecule has 0 amide bonds. The summed E-state index contributed by atoms with van der Waals surface area (Å²) >= 11 is 0. The fraction of sp³-hybridized carbons (Fsp3) is 0.152. The average molecular weight is 997 g/mol. The number of aromatic nitrogens is 1. The molecule has 1 heterocycles. The number of para-hydroxylation sites is 1. The third-order valence-corrected chi connectivity index (χ3v) is 11.6. The minimum atomic E-state index is -7.22. The van der Waals surface area contributed by atoms with Gasteiger partial charge in [0.25, 0.3) is 0 Å². The number of halogens is 20. The minimum absolute atomic E-state index is 0.414. The molecule has 0 atom stereocenters. The van der Waals surface area contributed by atoms with Crippen molar-refractivity contribution in [3.8, 4) is 5.75 Å². The Morgan fingerprint density at radius 1 is 0.377 bits per heavy atom. The summed E-state index contributed by atoms with van der Waals surface area (Å²) in [6.45, 7) is 0.880. The van der Waals surface area contributed by atoms with Gasteiger partial charge in [-0.05, 0) is 62.1 Å². The predicted octanol–water partition coefficient (Wildman–Crippen LogP) is 10.7. The molecular weight excluding hydrogens is 973 g/mol. The molecule has 0 unspecified atom stereocenters. The van der Waals surface area contributed by atoms with E-state index in [2.05, 4.69) is 71.4 Å². The molecule has 0 aliphatic heterocycles. The molecule has 8 rings (SSSR count). The van der Waals surface area contributed by atoms with Gasteiger partial charge in [-0.2, -0.15) is 4.57 Å². The van der Waals surface area contributed by atoms with Crippen LogP contribution >= 0.6 is 0 Å². The van der Waals surface area contributed by atoms with E-state index in [4.69, 9.17) is 4.74 Å². The van der Waals surface area contributed by atoms with Crippen LogP contribution in [-0.2, 0) is 6.54 Å². The van der Waals surface area contributed by atoms with Crippen molar-refractivity contribution in [1.29, 1.82) is 0 Å². The molecule has 1 fully saturated rings. The van der Waals surface area contributed by atoms with Crippen LogP contribution in [0.1, 0.15) is 37.7 Å². The second-order valence-corrected chi connectivity index (χ2v) is 15.5. The third kappa shape index (κ3) is 8.36. The molecule has 0 bridgehead atoms. The first-order valence-electron chi connectivity index (χ1n) is 19.9. The Morgan fingerprint density at radius 3 is 1.06 bits per heavy atom. The zero-order valence-corrected chi connectivity index (χ0v) is 34.2. The topological polar surface area (TPSA) is 13.1 Å². The monoisotopic (exact) mass is 997 g/mol. The maximum Gasteiger partial charge on any atom is 0.212 e. The normalized spacial score (nSPS) is 13.2. The van der Waals surface area contributed by atoms with Crippen molar-refractivity contribution in [3.63, 3.8) is 0 Å². The first kappa shape index (κ1) is 50.1. The van der Waals surface area contributed by atoms with E-state index in [0.29, 0.717) is 6.10 Å². The Balaban J connectivity index is 0.000000244. The van der Waals surface area contributed by atoms with Crippen LogP contribution in [0.4, 0.5) is 87.8 Å². The van der Waals surface area contributed by atoms with E-state index in [1.54, 1.807) is 0 Å². The lowest BCUT2D eigenvalue weighted by Crippen LogP contribution is -2.81. The first-order valence-corrected chi connectivity index (χ1v) is 19.9. The van der Waals surface area contributed by atoms with Crippen molar-refractivity contribution in [2.75, 3.05) is 0 Å². The van der Waals surface area contributed by atoms with Gasteiger partial charge in [-0.3, -0.25) is 0 Å². The molecular formula is C46H24BF20NO. The van der Waals surface area contributed by atoms with Crippen molar-refractivity contribution < 1.29 is 97.1 Å². The zero-order valence-electron chi connectivity index (χ0n) is 34.2. The van der Waals surface area contributed by atoms with Gasteiger partial charge in [-0.25, -0.2) is 87.8 Å². The highest BCUT2D eigenvalue weighted by molar-refractivity contribution is 7.20. The molecule has 1 aromatic heterocycles. The van der Waals surface area contributed by atoms with Crippen molar-refractivity contribution >= 4 is 38.9 Å². The van der Waals surface area contributed by atoms with Gasteiger partial charge in [0.15, 0.2) is 82.5 Å². The summed E-state index contributed by atoms with van der Waals surface area (Å²) in [6.07, 6.45) is 1.72. The van der Waals surface area contributed by atoms with E-state index < -0.39 is 144 Å². The molecule has 69 heavy (non-hydrogen) atoms. The molecule has 1 saturated carbocycles. The zero-order chi connectivity index (χ0) is 50.5. The van der Waals surface area contributed by atoms with E-state index in [0.717, 1.165) is 12.3 Å². The van der Waals surface area contributed by atoms with Gasteiger partial charge >= 0.3 is 0 Å². The molecule has 0 spiro atoms. The molecule has 6 aromatic carbocycles. The lowest BCUT2D eigenvalue weighted by Gasteiger charge is -2.44. The van der Waals surface area contributed by atoms with Gasteiger partial charge in [0.05, 0.1) is 6.10 Å². The molecule has 1 aliphatic rings. The number of hydrogen-bond acceptors (Lipinski definition) is 1. The van der Waals surface area contributed by atoms with Crippen LogP contribution in [0.25, 0.3) is 10.9 Å². The smallest absolute Gasteiger partial charge is 0.212 e. The number of nitrogens with zero attached hydrogens (tertiary/aromatic N) is 1. The summed E-state index contributed by atoms with van der Waals surface area (Å²) in [6, 6.07) is 21.4. The molecule has 0 radical (unpaired) electrons. The van der Waals surface area contributed by atoms with Crippen LogP contribution in [0.5, 0.6) is 5.75 Å². The minimum Gasteiger partial charge on any atom is -0.490 e. The van der Waals surface area contributed by atoms with Crippen LogP contribution < -0.4 is 31.2 Å². The van der Waals surface area contributed by atoms with Gasteiger partial charge in [-0.15, -0.1) is 21.9 Å². The maximum absolute atomic E-state index is 15.4. The van der Waals surface area contributed by atoms with Crippen molar-refractivity contribution in [2.45, 2.75) is 44.8 Å². The third-order valence-electron chi connectivity index (χ3n) is 11.6. The molecule has 362 valence electrons. The fourth-order valence-corrected chi connectivity index (χ4v) is 8.48. The lowest BCUT2D eigenvalue weighted by molar-refractivity contribution is -0.662. The number of pyridine rings is 1. The number of hydrogen-bond donors (Lipinski definition) is 0. The van der Waals surface area contributed by atoms with Gasteiger partial charge < -0.3 is 4.74 Å². The summed E-state index contributed by atoms with van der Waals surface area (Å²) in [5, 5.41) is 1.28. The first-order chi connectivity index (χ1) is 32.6. The highest BCUT2D eigenvalue weighted by Crippen LogP contribution is 2.31.